The van der Waals surface area contributed by atoms with Crippen LogP contribution in [0.25, 0.3) is 0 Å². The van der Waals surface area contributed by atoms with Gasteiger partial charge in [0.05, 0.1) is 11.4 Å². The molecule has 138 valence electrons. The van der Waals surface area contributed by atoms with Crippen LogP contribution >= 0.6 is 0 Å². The van der Waals surface area contributed by atoms with Crippen molar-refractivity contribution in [3.05, 3.63) is 53.6 Å². The number of fused-ring (bicyclic) bond motifs is 2. The third-order valence-electron chi connectivity index (χ3n) is 5.02. The predicted octanol–water partition coefficient (Wildman–Crippen LogP) is -2.11. The van der Waals surface area contributed by atoms with E-state index in [4.69, 9.17) is 4.74 Å². The number of nitrogens with one attached hydrogen (secondary N) is 2. The number of carbonyl (C=O) groups excluding carboxylic acids is 3. The largest absolute Gasteiger partial charge is 1.00 e. The maximum atomic E-state index is 12.6. The first kappa shape index (κ1) is 20.4. The van der Waals surface area contributed by atoms with Gasteiger partial charge in [-0.2, -0.15) is 0 Å². The first-order valence-electron chi connectivity index (χ1n) is 8.61. The van der Waals surface area contributed by atoms with Crippen LogP contribution in [-0.4, -0.2) is 24.4 Å². The van der Waals surface area contributed by atoms with Gasteiger partial charge in [-0.25, -0.2) is 0 Å². The standard InChI is InChI=1S/C20H18N2O5.Na/c23-16(21-14-6-3-7-15-18(14)27-11-17(24)22-15)10-20(19(25)26)8-12-4-1-2-5-13(12)9-20;/h1-7H,8-11H2,(H,21,23)(H,22,24)(H,25,26);/q;+1/p-1. The van der Waals surface area contributed by atoms with E-state index in [1.165, 1.54) is 0 Å². The molecule has 2 amide bonds. The van der Waals surface area contributed by atoms with Gasteiger partial charge in [-0.15, -0.1) is 0 Å². The molecule has 2 N–H and O–H groups in total. The van der Waals surface area contributed by atoms with Gasteiger partial charge in [0.25, 0.3) is 5.91 Å². The van der Waals surface area contributed by atoms with Crippen molar-refractivity contribution in [2.75, 3.05) is 17.2 Å². The van der Waals surface area contributed by atoms with Gasteiger partial charge < -0.3 is 25.3 Å². The molecule has 0 saturated carbocycles. The van der Waals surface area contributed by atoms with Gasteiger partial charge in [0.15, 0.2) is 12.4 Å². The molecule has 0 atom stereocenters. The zero-order chi connectivity index (χ0) is 19.0. The molecule has 1 aliphatic carbocycles. The van der Waals surface area contributed by atoms with Crippen molar-refractivity contribution >= 4 is 29.2 Å². The first-order chi connectivity index (χ1) is 13.0. The molecule has 4 rings (SSSR count). The van der Waals surface area contributed by atoms with Crippen LogP contribution in [0.1, 0.15) is 17.5 Å². The minimum absolute atomic E-state index is 0. The molecule has 0 saturated heterocycles. The van der Waals surface area contributed by atoms with Crippen molar-refractivity contribution in [1.29, 1.82) is 0 Å². The number of hydrogen-bond acceptors (Lipinski definition) is 5. The van der Waals surface area contributed by atoms with E-state index in [0.717, 1.165) is 11.1 Å². The Morgan fingerprint density at radius 3 is 2.43 bits per heavy atom. The molecule has 0 radical (unpaired) electrons. The van der Waals surface area contributed by atoms with E-state index in [9.17, 15) is 19.5 Å². The molecule has 0 fully saturated rings. The molecule has 7 nitrogen and oxygen atoms in total. The summed E-state index contributed by atoms with van der Waals surface area (Å²) in [6, 6.07) is 12.4. The number of benzene rings is 2. The van der Waals surface area contributed by atoms with Crippen LogP contribution in [0.2, 0.25) is 0 Å². The fraction of sp³-hybridized carbons (Fsp3) is 0.250. The van der Waals surface area contributed by atoms with Gasteiger partial charge in [0.1, 0.15) is 0 Å². The number of amides is 2. The van der Waals surface area contributed by atoms with E-state index in [2.05, 4.69) is 10.6 Å². The molecule has 8 heteroatoms. The van der Waals surface area contributed by atoms with E-state index >= 15 is 0 Å². The van der Waals surface area contributed by atoms with Crippen LogP contribution < -0.4 is 50.0 Å². The Morgan fingerprint density at radius 1 is 1.11 bits per heavy atom. The number of anilines is 2. The summed E-state index contributed by atoms with van der Waals surface area (Å²) in [5.41, 5.74) is 1.45. The van der Waals surface area contributed by atoms with Crippen LogP contribution in [0.3, 0.4) is 0 Å². The normalized spacial score (nSPS) is 15.9. The van der Waals surface area contributed by atoms with Crippen LogP contribution in [0.15, 0.2) is 42.5 Å². The second-order valence-electron chi connectivity index (χ2n) is 6.93. The number of carboxylic acids is 1. The maximum absolute atomic E-state index is 12.6. The summed E-state index contributed by atoms with van der Waals surface area (Å²) in [7, 11) is 0. The molecular weight excluding hydrogens is 371 g/mol. The van der Waals surface area contributed by atoms with Gasteiger partial charge in [-0.1, -0.05) is 30.3 Å². The molecule has 0 unspecified atom stereocenters. The van der Waals surface area contributed by atoms with E-state index in [1.807, 2.05) is 24.3 Å². The zero-order valence-corrected chi connectivity index (χ0v) is 17.4. The summed E-state index contributed by atoms with van der Waals surface area (Å²) >= 11 is 0. The van der Waals surface area contributed by atoms with E-state index < -0.39 is 17.3 Å². The van der Waals surface area contributed by atoms with Crippen molar-refractivity contribution in [2.45, 2.75) is 19.3 Å². The number of para-hydroxylation sites is 1. The van der Waals surface area contributed by atoms with Crippen molar-refractivity contribution in [3.63, 3.8) is 0 Å². The number of aliphatic carboxylic acids is 1. The summed E-state index contributed by atoms with van der Waals surface area (Å²) in [6.45, 7) is -0.141. The number of ether oxygens (including phenoxy) is 1. The van der Waals surface area contributed by atoms with Crippen LogP contribution in [-0.2, 0) is 27.2 Å². The second-order valence-corrected chi connectivity index (χ2v) is 6.93. The fourth-order valence-electron chi connectivity index (χ4n) is 3.75. The number of rotatable bonds is 4. The van der Waals surface area contributed by atoms with E-state index in [1.54, 1.807) is 18.2 Å². The van der Waals surface area contributed by atoms with Crippen molar-refractivity contribution in [2.24, 2.45) is 5.41 Å². The molecule has 1 heterocycles. The molecule has 2 aromatic carbocycles. The quantitative estimate of drug-likeness (QED) is 0.583. The Kier molecular flexibility index (Phi) is 5.79. The minimum Gasteiger partial charge on any atom is -0.550 e. The minimum atomic E-state index is -1.27. The Labute approximate surface area is 183 Å². The predicted molar refractivity (Wildman–Crippen MR) is 95.1 cm³/mol. The Bertz CT molecular complexity index is 934. The van der Waals surface area contributed by atoms with E-state index in [-0.39, 0.29) is 61.3 Å². The summed E-state index contributed by atoms with van der Waals surface area (Å²) in [5.74, 6) is -1.58. The average molecular weight is 388 g/mol. The summed E-state index contributed by atoms with van der Waals surface area (Å²) in [5, 5.41) is 17.3. The van der Waals surface area contributed by atoms with Crippen molar-refractivity contribution < 1.29 is 53.8 Å². The molecule has 2 aromatic rings. The molecule has 2 aliphatic rings. The summed E-state index contributed by atoms with van der Waals surface area (Å²) in [4.78, 5) is 35.9. The Balaban J connectivity index is 0.00000225. The van der Waals surface area contributed by atoms with Crippen LogP contribution in [0, 0.1) is 5.41 Å². The summed E-state index contributed by atoms with van der Waals surface area (Å²) < 4.78 is 5.41. The first-order valence-corrected chi connectivity index (χ1v) is 8.61. The second kappa shape index (κ2) is 7.95. The topological polar surface area (TPSA) is 108 Å². The monoisotopic (exact) mass is 388 g/mol. The fourth-order valence-corrected chi connectivity index (χ4v) is 3.75. The van der Waals surface area contributed by atoms with Gasteiger partial charge >= 0.3 is 29.6 Å². The molecular formula is C20H17N2NaO5. The third kappa shape index (κ3) is 3.78. The Hall–Kier alpha value is -2.35. The Morgan fingerprint density at radius 2 is 1.79 bits per heavy atom. The zero-order valence-electron chi connectivity index (χ0n) is 15.4. The maximum Gasteiger partial charge on any atom is 1.00 e. The SMILES string of the molecule is O=C1COc2c(cccc2NC(=O)CC2(C(=O)[O-])Cc3ccccc3C2)N1.[Na+]. The number of carboxylic acid groups (broad SMARTS) is 1. The molecule has 0 spiro atoms. The van der Waals surface area contributed by atoms with Gasteiger partial charge in [0, 0.05) is 17.8 Å². The summed E-state index contributed by atoms with van der Waals surface area (Å²) in [6.07, 6.45) is 0.316. The van der Waals surface area contributed by atoms with Gasteiger partial charge in [-0.05, 0) is 36.1 Å². The van der Waals surface area contributed by atoms with Crippen molar-refractivity contribution in [3.8, 4) is 5.75 Å². The van der Waals surface area contributed by atoms with E-state index in [0.29, 0.717) is 17.1 Å². The molecule has 0 aromatic heterocycles. The van der Waals surface area contributed by atoms with Gasteiger partial charge in [0.2, 0.25) is 5.91 Å². The average Bonchev–Trinajstić information content (AvgIpc) is 3.01. The number of carbonyl (C=O) groups is 3. The molecule has 1 aliphatic heterocycles. The number of hydrogen-bond donors (Lipinski definition) is 2. The third-order valence-corrected chi connectivity index (χ3v) is 5.02. The molecule has 0 bridgehead atoms. The van der Waals surface area contributed by atoms with Gasteiger partial charge in [-0.3, -0.25) is 9.59 Å². The van der Waals surface area contributed by atoms with Crippen molar-refractivity contribution in [1.82, 2.24) is 0 Å². The smallest absolute Gasteiger partial charge is 0.550 e. The van der Waals surface area contributed by atoms with Crippen LogP contribution in [0.5, 0.6) is 5.75 Å². The van der Waals surface area contributed by atoms with Crippen LogP contribution in [0.4, 0.5) is 11.4 Å². The molecule has 28 heavy (non-hydrogen) atoms.